The maximum atomic E-state index is 12.1. The molecule has 0 bridgehead atoms. The van der Waals surface area contributed by atoms with Crippen LogP contribution in [0.2, 0.25) is 0 Å². The Morgan fingerprint density at radius 2 is 2.30 bits per heavy atom. The smallest absolute Gasteiger partial charge is 0.283 e. The average Bonchev–Trinajstić information content (AvgIpc) is 2.92. The fourth-order valence-corrected chi connectivity index (χ4v) is 1.92. The number of aromatic amines is 1. The predicted molar refractivity (Wildman–Crippen MR) is 76.3 cm³/mol. The van der Waals surface area contributed by atoms with Crippen molar-refractivity contribution in [3.05, 3.63) is 26.8 Å². The first-order chi connectivity index (χ1) is 9.58. The summed E-state index contributed by atoms with van der Waals surface area (Å²) in [6, 6.07) is 0. The van der Waals surface area contributed by atoms with E-state index in [-0.39, 0.29) is 5.56 Å². The SMILES string of the molecule is CN(C)CCn1ncc(NCc2nn[nH]n2)c(Br)c1=O. The minimum atomic E-state index is -0.176. The number of H-pyrrole nitrogens is 1. The lowest BCUT2D eigenvalue weighted by molar-refractivity contribution is 0.367. The molecule has 0 aliphatic carbocycles. The van der Waals surface area contributed by atoms with Gasteiger partial charge < -0.3 is 10.2 Å². The fourth-order valence-electron chi connectivity index (χ4n) is 1.47. The molecule has 2 N–H and O–H groups in total. The first-order valence-electron chi connectivity index (χ1n) is 5.94. The third-order valence-electron chi connectivity index (χ3n) is 2.57. The molecule has 0 aromatic carbocycles. The van der Waals surface area contributed by atoms with E-state index >= 15 is 0 Å². The summed E-state index contributed by atoms with van der Waals surface area (Å²) < 4.78 is 1.86. The molecule has 0 spiro atoms. The van der Waals surface area contributed by atoms with Crippen LogP contribution in [0.1, 0.15) is 5.82 Å². The van der Waals surface area contributed by atoms with Crippen LogP contribution in [0.5, 0.6) is 0 Å². The minimum absolute atomic E-state index is 0.176. The standard InChI is InChI=1S/C10H15BrN8O/c1-18(2)3-4-19-10(20)9(11)7(5-13-19)12-6-8-14-16-17-15-8/h5,12H,3-4,6H2,1-2H3,(H,14,15,16,17). The van der Waals surface area contributed by atoms with Crippen molar-refractivity contribution in [2.75, 3.05) is 26.0 Å². The van der Waals surface area contributed by atoms with E-state index in [0.717, 1.165) is 6.54 Å². The second-order valence-electron chi connectivity index (χ2n) is 4.39. The van der Waals surface area contributed by atoms with E-state index in [1.54, 1.807) is 6.20 Å². The Balaban J connectivity index is 2.08. The molecule has 0 amide bonds. The Kier molecular flexibility index (Phi) is 4.79. The summed E-state index contributed by atoms with van der Waals surface area (Å²) in [5.74, 6) is 0.508. The van der Waals surface area contributed by atoms with Gasteiger partial charge in [0.25, 0.3) is 5.56 Å². The van der Waals surface area contributed by atoms with Gasteiger partial charge in [0.05, 0.1) is 25.0 Å². The summed E-state index contributed by atoms with van der Waals surface area (Å²) in [5.41, 5.74) is 0.422. The minimum Gasteiger partial charge on any atom is -0.375 e. The molecule has 108 valence electrons. The van der Waals surface area contributed by atoms with E-state index in [2.05, 4.69) is 47.0 Å². The van der Waals surface area contributed by atoms with E-state index in [1.807, 2.05) is 19.0 Å². The molecule has 2 aromatic heterocycles. The lowest BCUT2D eigenvalue weighted by Gasteiger charge is -2.12. The normalized spacial score (nSPS) is 11.0. The van der Waals surface area contributed by atoms with E-state index in [9.17, 15) is 4.79 Å². The molecule has 0 fully saturated rings. The Bertz CT molecular complexity index is 608. The highest BCUT2D eigenvalue weighted by Crippen LogP contribution is 2.16. The van der Waals surface area contributed by atoms with Crippen molar-refractivity contribution in [3.8, 4) is 0 Å². The molecule has 9 nitrogen and oxygen atoms in total. The zero-order chi connectivity index (χ0) is 14.5. The van der Waals surface area contributed by atoms with Gasteiger partial charge in [0.15, 0.2) is 5.82 Å². The van der Waals surface area contributed by atoms with Crippen molar-refractivity contribution in [1.82, 2.24) is 35.3 Å². The first-order valence-corrected chi connectivity index (χ1v) is 6.74. The molecule has 2 heterocycles. The summed E-state index contributed by atoms with van der Waals surface area (Å²) in [5, 5.41) is 20.6. The highest BCUT2D eigenvalue weighted by molar-refractivity contribution is 9.10. The zero-order valence-corrected chi connectivity index (χ0v) is 12.8. The van der Waals surface area contributed by atoms with Gasteiger partial charge in [0.2, 0.25) is 0 Å². The summed E-state index contributed by atoms with van der Waals surface area (Å²) in [6.45, 7) is 1.64. The summed E-state index contributed by atoms with van der Waals surface area (Å²) in [7, 11) is 3.89. The molecule has 0 radical (unpaired) electrons. The maximum Gasteiger partial charge on any atom is 0.283 e. The van der Waals surface area contributed by atoms with Crippen LogP contribution in [0, 0.1) is 0 Å². The van der Waals surface area contributed by atoms with E-state index < -0.39 is 0 Å². The van der Waals surface area contributed by atoms with Crippen LogP contribution in [-0.4, -0.2) is 55.9 Å². The molecule has 0 saturated carbocycles. The van der Waals surface area contributed by atoms with Crippen molar-refractivity contribution < 1.29 is 0 Å². The lowest BCUT2D eigenvalue weighted by atomic mass is 10.4. The molecule has 0 unspecified atom stereocenters. The van der Waals surface area contributed by atoms with Crippen LogP contribution >= 0.6 is 15.9 Å². The monoisotopic (exact) mass is 342 g/mol. The molecule has 2 rings (SSSR count). The van der Waals surface area contributed by atoms with Crippen LogP contribution in [-0.2, 0) is 13.1 Å². The van der Waals surface area contributed by atoms with Gasteiger partial charge in [0, 0.05) is 6.54 Å². The van der Waals surface area contributed by atoms with Crippen molar-refractivity contribution >= 4 is 21.6 Å². The largest absolute Gasteiger partial charge is 0.375 e. The Morgan fingerprint density at radius 1 is 1.50 bits per heavy atom. The van der Waals surface area contributed by atoms with Gasteiger partial charge in [-0.15, -0.1) is 10.2 Å². The number of likely N-dealkylation sites (N-methyl/N-ethyl adjacent to an activating group) is 1. The van der Waals surface area contributed by atoms with Gasteiger partial charge in [-0.05, 0) is 30.0 Å². The molecular formula is C10H15BrN8O. The number of hydrogen-bond acceptors (Lipinski definition) is 7. The van der Waals surface area contributed by atoms with Gasteiger partial charge in [-0.2, -0.15) is 10.3 Å². The van der Waals surface area contributed by atoms with Crippen molar-refractivity contribution in [2.24, 2.45) is 0 Å². The number of halogens is 1. The fraction of sp³-hybridized carbons (Fsp3) is 0.500. The topological polar surface area (TPSA) is 105 Å². The van der Waals surface area contributed by atoms with Gasteiger partial charge in [-0.25, -0.2) is 4.68 Å². The molecular weight excluding hydrogens is 328 g/mol. The van der Waals surface area contributed by atoms with E-state index in [0.29, 0.717) is 29.1 Å². The molecule has 0 aliphatic heterocycles. The quantitative estimate of drug-likeness (QED) is 0.741. The predicted octanol–water partition coefficient (Wildman–Crippen LogP) is -0.307. The third kappa shape index (κ3) is 3.61. The molecule has 0 saturated heterocycles. The summed E-state index contributed by atoms with van der Waals surface area (Å²) >= 11 is 3.29. The van der Waals surface area contributed by atoms with Gasteiger partial charge in [-0.1, -0.05) is 5.21 Å². The average molecular weight is 343 g/mol. The van der Waals surface area contributed by atoms with Crippen LogP contribution < -0.4 is 10.9 Å². The first kappa shape index (κ1) is 14.6. The second kappa shape index (κ2) is 6.57. The highest BCUT2D eigenvalue weighted by Gasteiger charge is 2.09. The van der Waals surface area contributed by atoms with Crippen molar-refractivity contribution in [2.45, 2.75) is 13.1 Å². The lowest BCUT2D eigenvalue weighted by Crippen LogP contribution is -2.29. The van der Waals surface area contributed by atoms with Gasteiger partial charge >= 0.3 is 0 Å². The number of nitrogens with one attached hydrogen (secondary N) is 2. The molecule has 20 heavy (non-hydrogen) atoms. The van der Waals surface area contributed by atoms with E-state index in [1.165, 1.54) is 4.68 Å². The van der Waals surface area contributed by atoms with Gasteiger partial charge in [0.1, 0.15) is 4.47 Å². The van der Waals surface area contributed by atoms with Crippen LogP contribution in [0.4, 0.5) is 5.69 Å². The number of anilines is 1. The van der Waals surface area contributed by atoms with Crippen LogP contribution in [0.15, 0.2) is 15.5 Å². The summed E-state index contributed by atoms with van der Waals surface area (Å²) in [6.07, 6.45) is 1.60. The molecule has 10 heteroatoms. The Labute approximate surface area is 123 Å². The van der Waals surface area contributed by atoms with Crippen LogP contribution in [0.25, 0.3) is 0 Å². The van der Waals surface area contributed by atoms with Crippen LogP contribution in [0.3, 0.4) is 0 Å². The highest BCUT2D eigenvalue weighted by atomic mass is 79.9. The number of nitrogens with zero attached hydrogens (tertiary/aromatic N) is 6. The third-order valence-corrected chi connectivity index (χ3v) is 3.34. The molecule has 2 aromatic rings. The maximum absolute atomic E-state index is 12.1. The zero-order valence-electron chi connectivity index (χ0n) is 11.2. The molecule has 0 atom stereocenters. The molecule has 0 aliphatic rings. The number of hydrogen-bond donors (Lipinski definition) is 2. The number of tetrazole rings is 1. The number of aromatic nitrogens is 6. The van der Waals surface area contributed by atoms with Crippen molar-refractivity contribution in [1.29, 1.82) is 0 Å². The second-order valence-corrected chi connectivity index (χ2v) is 5.18. The number of rotatable bonds is 6. The Hall–Kier alpha value is -1.81. The van der Waals surface area contributed by atoms with Gasteiger partial charge in [-0.3, -0.25) is 4.79 Å². The summed E-state index contributed by atoms with van der Waals surface area (Å²) in [4.78, 5) is 14.1. The van der Waals surface area contributed by atoms with E-state index in [4.69, 9.17) is 0 Å². The Morgan fingerprint density at radius 3 is 2.95 bits per heavy atom. The van der Waals surface area contributed by atoms with Crippen molar-refractivity contribution in [3.63, 3.8) is 0 Å².